The zero-order chi connectivity index (χ0) is 23.3. The molecule has 5 N–H and O–H groups in total. The second-order valence-electron chi connectivity index (χ2n) is 8.21. The number of ketones is 1. The Labute approximate surface area is 191 Å². The number of benzene rings is 1. The number of nitrogens with one attached hydrogen (secondary N) is 1. The molecule has 1 aromatic carbocycles. The number of rotatable bonds is 9. The zero-order valence-corrected chi connectivity index (χ0v) is 19.2. The quantitative estimate of drug-likeness (QED) is 0.226. The molecule has 2 aromatic rings. The fourth-order valence-corrected chi connectivity index (χ4v) is 4.76. The van der Waals surface area contributed by atoms with Gasteiger partial charge in [-0.2, -0.15) is 0 Å². The van der Waals surface area contributed by atoms with Crippen LogP contribution in [0.1, 0.15) is 49.3 Å². The van der Waals surface area contributed by atoms with Gasteiger partial charge in [0.15, 0.2) is 11.0 Å². The lowest BCUT2D eigenvalue weighted by molar-refractivity contribution is -0.140. The van der Waals surface area contributed by atoms with Crippen LogP contribution in [0.3, 0.4) is 0 Å². The van der Waals surface area contributed by atoms with Crippen molar-refractivity contribution in [3.63, 3.8) is 0 Å². The van der Waals surface area contributed by atoms with E-state index in [0.717, 1.165) is 16.6 Å². The predicted octanol–water partition coefficient (Wildman–Crippen LogP) is 1.66. The van der Waals surface area contributed by atoms with Crippen molar-refractivity contribution >= 4 is 45.1 Å². The number of guanidine groups is 1. The van der Waals surface area contributed by atoms with Crippen LogP contribution in [0.2, 0.25) is 0 Å². The van der Waals surface area contributed by atoms with Crippen LogP contribution in [0.4, 0.5) is 0 Å². The summed E-state index contributed by atoms with van der Waals surface area (Å²) >= 11 is 1.30. The molecule has 0 radical (unpaired) electrons. The third kappa shape index (κ3) is 5.61. The maximum atomic E-state index is 13.3. The third-order valence-electron chi connectivity index (χ3n) is 5.42. The minimum absolute atomic E-state index is 0.0168. The fourth-order valence-electron chi connectivity index (χ4n) is 3.80. The molecule has 1 aliphatic rings. The lowest BCUT2D eigenvalue weighted by Gasteiger charge is -2.27. The topological polar surface area (TPSA) is 144 Å². The molecule has 3 rings (SSSR count). The van der Waals surface area contributed by atoms with Gasteiger partial charge < -0.3 is 21.7 Å². The fraction of sp³-hybridized carbons (Fsp3) is 0.500. The molecule has 10 heteroatoms. The summed E-state index contributed by atoms with van der Waals surface area (Å²) in [5, 5.41) is 3.23. The Morgan fingerprint density at radius 3 is 2.72 bits per heavy atom. The van der Waals surface area contributed by atoms with Crippen LogP contribution in [-0.4, -0.2) is 58.6 Å². The number of nitrogens with two attached hydrogens (primary N) is 2. The molecule has 0 spiro atoms. The van der Waals surface area contributed by atoms with Crippen LogP contribution in [0, 0.1) is 5.92 Å². The average Bonchev–Trinajstić information content (AvgIpc) is 3.41. The molecule has 1 saturated heterocycles. The Morgan fingerprint density at radius 2 is 2.03 bits per heavy atom. The molecule has 0 aliphatic carbocycles. The van der Waals surface area contributed by atoms with Crippen LogP contribution < -0.4 is 16.8 Å². The Bertz CT molecular complexity index is 981. The molecule has 9 nitrogen and oxygen atoms in total. The first kappa shape index (κ1) is 23.6. The monoisotopic (exact) mass is 458 g/mol. The molecular formula is C22H30N6O3S. The van der Waals surface area contributed by atoms with E-state index < -0.39 is 12.1 Å². The number of aliphatic imine (C=N–C) groups is 1. The van der Waals surface area contributed by atoms with Crippen LogP contribution >= 0.6 is 11.3 Å². The van der Waals surface area contributed by atoms with E-state index in [4.69, 9.17) is 11.5 Å². The Morgan fingerprint density at radius 1 is 1.28 bits per heavy atom. The van der Waals surface area contributed by atoms with Crippen LogP contribution in [-0.2, 0) is 9.59 Å². The number of nitrogens with zero attached hydrogens (tertiary/aromatic N) is 3. The second-order valence-corrected chi connectivity index (χ2v) is 9.24. The standard InChI is InChI=1S/C22H30N6O3S/c1-13(2)21(31)28-12-6-9-16(28)19(30)26-15(8-5-11-25-22(23)24)18(29)20-27-14-7-3-4-10-17(14)32-20/h3-4,7,10,13,15-16H,5-6,8-9,11-12H2,1-2H3,(H,26,30)(H4,23,24,25). The number of Topliss-reactive ketones (excluding diaryl/α,β-unsaturated/α-hetero) is 1. The average molecular weight is 459 g/mol. The summed E-state index contributed by atoms with van der Waals surface area (Å²) in [5.41, 5.74) is 11.5. The Balaban J connectivity index is 1.77. The van der Waals surface area contributed by atoms with Gasteiger partial charge in [-0.3, -0.25) is 19.4 Å². The van der Waals surface area contributed by atoms with E-state index >= 15 is 0 Å². The van der Waals surface area contributed by atoms with Crippen molar-refractivity contribution in [3.8, 4) is 0 Å². The third-order valence-corrected chi connectivity index (χ3v) is 6.47. The van der Waals surface area contributed by atoms with Crippen molar-refractivity contribution in [2.24, 2.45) is 22.4 Å². The zero-order valence-electron chi connectivity index (χ0n) is 18.4. The molecule has 1 fully saturated rings. The largest absolute Gasteiger partial charge is 0.370 e. The number of hydrogen-bond donors (Lipinski definition) is 3. The van der Waals surface area contributed by atoms with E-state index in [9.17, 15) is 14.4 Å². The first-order valence-electron chi connectivity index (χ1n) is 10.8. The molecule has 0 bridgehead atoms. The molecule has 1 aromatic heterocycles. The number of hydrogen-bond acceptors (Lipinski definition) is 6. The van der Waals surface area contributed by atoms with Gasteiger partial charge in [0.05, 0.1) is 16.3 Å². The summed E-state index contributed by atoms with van der Waals surface area (Å²) in [6.45, 7) is 4.54. The smallest absolute Gasteiger partial charge is 0.243 e. The summed E-state index contributed by atoms with van der Waals surface area (Å²) in [5.74, 6) is -0.814. The summed E-state index contributed by atoms with van der Waals surface area (Å²) in [4.78, 5) is 48.9. The maximum Gasteiger partial charge on any atom is 0.243 e. The molecule has 0 saturated carbocycles. The summed E-state index contributed by atoms with van der Waals surface area (Å²) in [7, 11) is 0. The molecule has 32 heavy (non-hydrogen) atoms. The van der Waals surface area contributed by atoms with Crippen molar-refractivity contribution in [2.45, 2.75) is 51.6 Å². The number of amides is 2. The molecular weight excluding hydrogens is 428 g/mol. The number of carbonyl (C=O) groups is 3. The van der Waals surface area contributed by atoms with Crippen molar-refractivity contribution in [3.05, 3.63) is 29.3 Å². The summed E-state index contributed by atoms with van der Waals surface area (Å²) in [6.07, 6.45) is 2.22. The highest BCUT2D eigenvalue weighted by molar-refractivity contribution is 7.20. The van der Waals surface area contributed by atoms with Gasteiger partial charge in [0, 0.05) is 19.0 Å². The second kappa shape index (κ2) is 10.5. The SMILES string of the molecule is CC(C)C(=O)N1CCCC1C(=O)NC(CCCN=C(N)N)C(=O)c1nc2ccccc2s1. The normalized spacial score (nSPS) is 16.8. The van der Waals surface area contributed by atoms with Crippen molar-refractivity contribution in [1.29, 1.82) is 0 Å². The van der Waals surface area contributed by atoms with Gasteiger partial charge in [-0.1, -0.05) is 26.0 Å². The van der Waals surface area contributed by atoms with E-state index in [0.29, 0.717) is 37.4 Å². The first-order chi connectivity index (χ1) is 15.3. The molecule has 172 valence electrons. The highest BCUT2D eigenvalue weighted by Gasteiger charge is 2.36. The molecule has 2 atom stereocenters. The number of aromatic nitrogens is 1. The molecule has 1 aliphatic heterocycles. The van der Waals surface area contributed by atoms with Gasteiger partial charge in [0.25, 0.3) is 0 Å². The molecule has 2 heterocycles. The molecule has 2 unspecified atom stereocenters. The highest BCUT2D eigenvalue weighted by Crippen LogP contribution is 2.24. The first-order valence-corrected chi connectivity index (χ1v) is 11.7. The summed E-state index contributed by atoms with van der Waals surface area (Å²) < 4.78 is 0.908. The van der Waals surface area contributed by atoms with Gasteiger partial charge in [-0.25, -0.2) is 4.98 Å². The van der Waals surface area contributed by atoms with E-state index in [-0.39, 0.29) is 29.5 Å². The minimum Gasteiger partial charge on any atom is -0.370 e. The van der Waals surface area contributed by atoms with Crippen molar-refractivity contribution in [1.82, 2.24) is 15.2 Å². The van der Waals surface area contributed by atoms with E-state index in [1.54, 1.807) is 4.90 Å². The number of fused-ring (bicyclic) bond motifs is 1. The highest BCUT2D eigenvalue weighted by atomic mass is 32.1. The minimum atomic E-state index is -0.770. The number of carbonyl (C=O) groups excluding carboxylic acids is 3. The Kier molecular flexibility index (Phi) is 7.79. The van der Waals surface area contributed by atoms with Gasteiger partial charge in [0.2, 0.25) is 17.6 Å². The molecule has 2 amide bonds. The predicted molar refractivity (Wildman–Crippen MR) is 125 cm³/mol. The number of para-hydroxylation sites is 1. The lowest BCUT2D eigenvalue weighted by atomic mass is 10.1. The van der Waals surface area contributed by atoms with Crippen LogP contribution in [0.5, 0.6) is 0 Å². The Hall–Kier alpha value is -3.01. The van der Waals surface area contributed by atoms with E-state index in [1.807, 2.05) is 38.1 Å². The van der Waals surface area contributed by atoms with Crippen molar-refractivity contribution in [2.75, 3.05) is 13.1 Å². The van der Waals surface area contributed by atoms with Gasteiger partial charge in [0.1, 0.15) is 6.04 Å². The van der Waals surface area contributed by atoms with Gasteiger partial charge >= 0.3 is 0 Å². The number of likely N-dealkylation sites (tertiary alicyclic amines) is 1. The van der Waals surface area contributed by atoms with Crippen LogP contribution in [0.25, 0.3) is 10.2 Å². The number of thiazole rings is 1. The lowest BCUT2D eigenvalue weighted by Crippen LogP contribution is -2.51. The van der Waals surface area contributed by atoms with Gasteiger partial charge in [-0.15, -0.1) is 11.3 Å². The van der Waals surface area contributed by atoms with E-state index in [2.05, 4.69) is 15.3 Å². The van der Waals surface area contributed by atoms with Gasteiger partial charge in [-0.05, 0) is 37.8 Å². The summed E-state index contributed by atoms with van der Waals surface area (Å²) in [6, 6.07) is 6.18. The maximum absolute atomic E-state index is 13.3. The van der Waals surface area contributed by atoms with E-state index in [1.165, 1.54) is 11.3 Å². The van der Waals surface area contributed by atoms with Crippen molar-refractivity contribution < 1.29 is 14.4 Å². The van der Waals surface area contributed by atoms with Crippen LogP contribution in [0.15, 0.2) is 29.3 Å².